The van der Waals surface area contributed by atoms with E-state index < -0.39 is 12.0 Å². The van der Waals surface area contributed by atoms with Gasteiger partial charge in [-0.3, -0.25) is 4.79 Å². The number of ether oxygens (including phenoxy) is 2. The van der Waals surface area contributed by atoms with Gasteiger partial charge in [0.15, 0.2) is 17.2 Å². The Balaban J connectivity index is 1.56. The maximum Gasteiger partial charge on any atom is 0.308 e. The first-order valence-corrected chi connectivity index (χ1v) is 7.36. The first kappa shape index (κ1) is 14.3. The van der Waals surface area contributed by atoms with Crippen molar-refractivity contribution in [3.05, 3.63) is 48.5 Å². The molecule has 1 aromatic heterocycles. The van der Waals surface area contributed by atoms with E-state index in [1.165, 1.54) is 0 Å². The highest BCUT2D eigenvalue weighted by Gasteiger charge is 2.27. The van der Waals surface area contributed by atoms with Gasteiger partial charge in [-0.1, -0.05) is 30.3 Å². The van der Waals surface area contributed by atoms with Crippen LogP contribution in [0.3, 0.4) is 0 Å². The highest BCUT2D eigenvalue weighted by Crippen LogP contribution is 2.35. The summed E-state index contributed by atoms with van der Waals surface area (Å²) in [5, 5.41) is 18.1. The smallest absolute Gasteiger partial charge is 0.308 e. The summed E-state index contributed by atoms with van der Waals surface area (Å²) in [6.07, 6.45) is -0.865. The molecule has 120 valence electrons. The van der Waals surface area contributed by atoms with E-state index in [0.717, 1.165) is 0 Å². The number of amides is 1. The minimum Gasteiger partial charge on any atom is -0.493 e. The first-order chi connectivity index (χ1) is 11.7. The predicted molar refractivity (Wildman–Crippen MR) is 85.8 cm³/mol. The standard InChI is InChI=1S/C17H13N3O4/c21-16(14-9-23-12-7-3-4-8-13(12)24-14)20-19-15-10-5-1-2-6-11(10)18-17(15)22/h1-8,14,18,22H,9H2. The molecule has 7 nitrogen and oxygen atoms in total. The van der Waals surface area contributed by atoms with Crippen molar-refractivity contribution in [2.24, 2.45) is 10.2 Å². The van der Waals surface area contributed by atoms with Crippen molar-refractivity contribution < 1.29 is 19.4 Å². The van der Waals surface area contributed by atoms with Crippen LogP contribution in [-0.2, 0) is 4.79 Å². The van der Waals surface area contributed by atoms with Crippen LogP contribution in [0.25, 0.3) is 10.9 Å². The number of nitrogens with zero attached hydrogens (tertiary/aromatic N) is 2. The third kappa shape index (κ3) is 2.45. The summed E-state index contributed by atoms with van der Waals surface area (Å²) in [6.45, 7) is 0.0642. The van der Waals surface area contributed by atoms with Gasteiger partial charge in [-0.2, -0.15) is 0 Å². The van der Waals surface area contributed by atoms with E-state index in [2.05, 4.69) is 15.2 Å². The van der Waals surface area contributed by atoms with E-state index >= 15 is 0 Å². The number of nitrogens with one attached hydrogen (secondary N) is 1. The Bertz CT molecular complexity index is 948. The minimum absolute atomic E-state index is 0.0642. The number of para-hydroxylation sites is 3. The second kappa shape index (κ2) is 5.69. The molecule has 3 aromatic rings. The van der Waals surface area contributed by atoms with Crippen LogP contribution in [0.2, 0.25) is 0 Å². The van der Waals surface area contributed by atoms with Crippen LogP contribution in [0.5, 0.6) is 17.4 Å². The molecule has 2 aromatic carbocycles. The molecule has 0 radical (unpaired) electrons. The van der Waals surface area contributed by atoms with Crippen molar-refractivity contribution in [1.29, 1.82) is 0 Å². The van der Waals surface area contributed by atoms with Crippen molar-refractivity contribution >= 4 is 22.5 Å². The van der Waals surface area contributed by atoms with Crippen molar-refractivity contribution in [2.75, 3.05) is 6.61 Å². The number of fused-ring (bicyclic) bond motifs is 2. The lowest BCUT2D eigenvalue weighted by molar-refractivity contribution is -0.127. The van der Waals surface area contributed by atoms with Gasteiger partial charge < -0.3 is 19.6 Å². The molecule has 0 fully saturated rings. The molecule has 2 heterocycles. The predicted octanol–water partition coefficient (Wildman–Crippen LogP) is 3.32. The molecule has 0 saturated carbocycles. The third-order valence-corrected chi connectivity index (χ3v) is 3.69. The molecule has 0 aliphatic carbocycles. The molecule has 1 aliphatic heterocycles. The zero-order chi connectivity index (χ0) is 16.5. The van der Waals surface area contributed by atoms with Crippen molar-refractivity contribution in [2.45, 2.75) is 6.10 Å². The number of H-pyrrole nitrogens is 1. The largest absolute Gasteiger partial charge is 0.493 e. The zero-order valence-electron chi connectivity index (χ0n) is 12.5. The second-order valence-electron chi connectivity index (χ2n) is 5.27. The van der Waals surface area contributed by atoms with Crippen LogP contribution in [0, 0.1) is 0 Å². The van der Waals surface area contributed by atoms with Gasteiger partial charge in [0.05, 0.1) is 5.52 Å². The summed E-state index contributed by atoms with van der Waals surface area (Å²) in [6, 6.07) is 14.3. The zero-order valence-corrected chi connectivity index (χ0v) is 12.5. The Morgan fingerprint density at radius 2 is 1.88 bits per heavy atom. The van der Waals surface area contributed by atoms with E-state index in [1.54, 1.807) is 30.3 Å². The lowest BCUT2D eigenvalue weighted by atomic mass is 10.2. The summed E-state index contributed by atoms with van der Waals surface area (Å²) >= 11 is 0. The summed E-state index contributed by atoms with van der Waals surface area (Å²) < 4.78 is 11.1. The SMILES string of the molecule is O=C(N=Nc1c(O)[nH]c2ccccc12)C1COc2ccccc2O1. The molecular formula is C17H13N3O4. The highest BCUT2D eigenvalue weighted by atomic mass is 16.6. The fourth-order valence-corrected chi connectivity index (χ4v) is 2.52. The fraction of sp³-hybridized carbons (Fsp3) is 0.118. The van der Waals surface area contributed by atoms with E-state index in [-0.39, 0.29) is 18.2 Å². The van der Waals surface area contributed by atoms with Crippen LogP contribution in [0.4, 0.5) is 5.69 Å². The lowest BCUT2D eigenvalue weighted by Gasteiger charge is -2.23. The Kier molecular flexibility index (Phi) is 3.38. The molecule has 0 bridgehead atoms. The quantitative estimate of drug-likeness (QED) is 0.707. The van der Waals surface area contributed by atoms with Gasteiger partial charge in [0.2, 0.25) is 12.0 Å². The van der Waals surface area contributed by atoms with Gasteiger partial charge in [-0.15, -0.1) is 10.2 Å². The molecular weight excluding hydrogens is 310 g/mol. The Labute approximate surface area is 136 Å². The number of azo groups is 1. The Morgan fingerprint density at radius 1 is 1.12 bits per heavy atom. The first-order valence-electron chi connectivity index (χ1n) is 7.36. The number of aromatic nitrogens is 1. The number of hydrogen-bond acceptors (Lipinski definition) is 5. The summed E-state index contributed by atoms with van der Waals surface area (Å²) in [5.41, 5.74) is 0.929. The van der Waals surface area contributed by atoms with Crippen LogP contribution in [-0.4, -0.2) is 28.7 Å². The highest BCUT2D eigenvalue weighted by molar-refractivity contribution is 5.94. The van der Waals surface area contributed by atoms with Crippen LogP contribution < -0.4 is 9.47 Å². The normalized spacial score (nSPS) is 16.6. The van der Waals surface area contributed by atoms with Gasteiger partial charge in [0.1, 0.15) is 6.61 Å². The van der Waals surface area contributed by atoms with Gasteiger partial charge in [0.25, 0.3) is 0 Å². The molecule has 0 spiro atoms. The lowest BCUT2D eigenvalue weighted by Crippen LogP contribution is -2.35. The molecule has 0 saturated heterocycles. The summed E-state index contributed by atoms with van der Waals surface area (Å²) in [7, 11) is 0. The van der Waals surface area contributed by atoms with Crippen LogP contribution >= 0.6 is 0 Å². The number of carbonyl (C=O) groups is 1. The molecule has 2 N–H and O–H groups in total. The molecule has 24 heavy (non-hydrogen) atoms. The van der Waals surface area contributed by atoms with E-state index in [4.69, 9.17) is 9.47 Å². The molecule has 1 atom stereocenters. The average Bonchev–Trinajstić information content (AvgIpc) is 2.94. The number of carbonyl (C=O) groups excluding carboxylic acids is 1. The van der Waals surface area contributed by atoms with E-state index in [0.29, 0.717) is 22.4 Å². The second-order valence-corrected chi connectivity index (χ2v) is 5.27. The Morgan fingerprint density at radius 3 is 2.75 bits per heavy atom. The number of benzene rings is 2. The Hall–Kier alpha value is -3.35. The average molecular weight is 323 g/mol. The topological polar surface area (TPSA) is 96.3 Å². The number of rotatable bonds is 2. The number of hydrogen-bond donors (Lipinski definition) is 2. The van der Waals surface area contributed by atoms with Crippen molar-refractivity contribution in [3.8, 4) is 17.4 Å². The number of aromatic amines is 1. The maximum atomic E-state index is 12.2. The number of aromatic hydroxyl groups is 1. The van der Waals surface area contributed by atoms with Crippen LogP contribution in [0.1, 0.15) is 0 Å². The third-order valence-electron chi connectivity index (χ3n) is 3.69. The van der Waals surface area contributed by atoms with Gasteiger partial charge >= 0.3 is 5.91 Å². The van der Waals surface area contributed by atoms with Gasteiger partial charge in [-0.25, -0.2) is 0 Å². The maximum absolute atomic E-state index is 12.2. The van der Waals surface area contributed by atoms with Gasteiger partial charge in [-0.05, 0) is 18.2 Å². The van der Waals surface area contributed by atoms with E-state index in [9.17, 15) is 9.90 Å². The molecule has 1 unspecified atom stereocenters. The summed E-state index contributed by atoms with van der Waals surface area (Å²) in [4.78, 5) is 15.0. The van der Waals surface area contributed by atoms with Crippen molar-refractivity contribution in [1.82, 2.24) is 4.98 Å². The monoisotopic (exact) mass is 323 g/mol. The summed E-state index contributed by atoms with van der Waals surface area (Å²) in [5.74, 6) is 0.369. The molecule has 1 amide bonds. The van der Waals surface area contributed by atoms with Crippen molar-refractivity contribution in [3.63, 3.8) is 0 Å². The van der Waals surface area contributed by atoms with Gasteiger partial charge in [0, 0.05) is 5.39 Å². The molecule has 1 aliphatic rings. The molecule has 7 heteroatoms. The fourth-order valence-electron chi connectivity index (χ4n) is 2.52. The van der Waals surface area contributed by atoms with E-state index in [1.807, 2.05) is 18.2 Å². The van der Waals surface area contributed by atoms with Crippen LogP contribution in [0.15, 0.2) is 58.8 Å². The minimum atomic E-state index is -0.865. The molecule has 4 rings (SSSR count).